The largest absolute Gasteiger partial charge is 0.385 e. The Balaban J connectivity index is 2.51. The van der Waals surface area contributed by atoms with Gasteiger partial charge in [-0.2, -0.15) is 0 Å². The van der Waals surface area contributed by atoms with Crippen LogP contribution in [0.1, 0.15) is 31.2 Å². The number of aryl methyl sites for hydroxylation is 1. The fourth-order valence-electron chi connectivity index (χ4n) is 1.75. The SMILES string of the molecule is CCc1c(CNC)nnn1CCCCOC. The van der Waals surface area contributed by atoms with Gasteiger partial charge in [-0.25, -0.2) is 4.68 Å². The van der Waals surface area contributed by atoms with E-state index in [0.29, 0.717) is 0 Å². The van der Waals surface area contributed by atoms with Crippen LogP contribution in [0.4, 0.5) is 0 Å². The summed E-state index contributed by atoms with van der Waals surface area (Å²) in [6, 6.07) is 0. The third kappa shape index (κ3) is 3.57. The van der Waals surface area contributed by atoms with Crippen LogP contribution in [-0.4, -0.2) is 35.8 Å². The zero-order valence-corrected chi connectivity index (χ0v) is 10.5. The molecule has 0 aromatic carbocycles. The number of hydrogen-bond acceptors (Lipinski definition) is 4. The maximum atomic E-state index is 5.02. The molecule has 92 valence electrons. The average Bonchev–Trinajstić information content (AvgIpc) is 2.67. The van der Waals surface area contributed by atoms with Crippen molar-refractivity contribution in [2.45, 2.75) is 39.3 Å². The van der Waals surface area contributed by atoms with E-state index < -0.39 is 0 Å². The molecule has 0 radical (unpaired) electrons. The van der Waals surface area contributed by atoms with E-state index in [4.69, 9.17) is 4.74 Å². The van der Waals surface area contributed by atoms with Crippen molar-refractivity contribution in [3.63, 3.8) is 0 Å². The van der Waals surface area contributed by atoms with Gasteiger partial charge in [0, 0.05) is 26.8 Å². The third-order valence-corrected chi connectivity index (χ3v) is 2.57. The molecule has 0 aliphatic rings. The molecule has 16 heavy (non-hydrogen) atoms. The van der Waals surface area contributed by atoms with Crippen molar-refractivity contribution in [1.82, 2.24) is 20.3 Å². The second kappa shape index (κ2) is 7.35. The minimum atomic E-state index is 0.793. The van der Waals surface area contributed by atoms with Crippen LogP contribution in [0.15, 0.2) is 0 Å². The van der Waals surface area contributed by atoms with Gasteiger partial charge in [0.15, 0.2) is 0 Å². The van der Waals surface area contributed by atoms with E-state index in [-0.39, 0.29) is 0 Å². The van der Waals surface area contributed by atoms with E-state index in [1.54, 1.807) is 7.11 Å². The molecule has 1 rings (SSSR count). The predicted molar refractivity (Wildman–Crippen MR) is 63.3 cm³/mol. The maximum absolute atomic E-state index is 5.02. The van der Waals surface area contributed by atoms with Crippen LogP contribution in [0, 0.1) is 0 Å². The molecule has 1 aromatic heterocycles. The van der Waals surface area contributed by atoms with Gasteiger partial charge in [-0.15, -0.1) is 5.10 Å². The van der Waals surface area contributed by atoms with Gasteiger partial charge in [0.1, 0.15) is 0 Å². The molecule has 0 bridgehead atoms. The Bertz CT molecular complexity index is 298. The minimum absolute atomic E-state index is 0.793. The Labute approximate surface area is 97.2 Å². The second-order valence-electron chi connectivity index (χ2n) is 3.79. The van der Waals surface area contributed by atoms with Crippen LogP contribution >= 0.6 is 0 Å². The maximum Gasteiger partial charge on any atom is 0.0996 e. The lowest BCUT2D eigenvalue weighted by atomic mass is 10.2. The molecule has 0 saturated heterocycles. The molecule has 0 saturated carbocycles. The highest BCUT2D eigenvalue weighted by Gasteiger charge is 2.09. The lowest BCUT2D eigenvalue weighted by Crippen LogP contribution is -2.10. The Hall–Kier alpha value is -0.940. The van der Waals surface area contributed by atoms with Crippen LogP contribution in [0.25, 0.3) is 0 Å². The van der Waals surface area contributed by atoms with Gasteiger partial charge in [-0.05, 0) is 26.3 Å². The number of rotatable bonds is 8. The monoisotopic (exact) mass is 226 g/mol. The van der Waals surface area contributed by atoms with Crippen LogP contribution < -0.4 is 5.32 Å². The van der Waals surface area contributed by atoms with Gasteiger partial charge in [0.25, 0.3) is 0 Å². The summed E-state index contributed by atoms with van der Waals surface area (Å²) in [7, 11) is 3.66. The molecule has 0 aliphatic heterocycles. The van der Waals surface area contributed by atoms with Crippen LogP contribution in [0.2, 0.25) is 0 Å². The van der Waals surface area contributed by atoms with Crippen molar-refractivity contribution in [3.05, 3.63) is 11.4 Å². The zero-order chi connectivity index (χ0) is 11.8. The quantitative estimate of drug-likeness (QED) is 0.672. The van der Waals surface area contributed by atoms with Crippen molar-refractivity contribution in [3.8, 4) is 0 Å². The highest BCUT2D eigenvalue weighted by Crippen LogP contribution is 2.07. The number of methoxy groups -OCH3 is 1. The highest BCUT2D eigenvalue weighted by molar-refractivity contribution is 5.09. The van der Waals surface area contributed by atoms with Crippen molar-refractivity contribution in [2.75, 3.05) is 20.8 Å². The van der Waals surface area contributed by atoms with E-state index >= 15 is 0 Å². The first-order valence-electron chi connectivity index (χ1n) is 5.88. The normalized spacial score (nSPS) is 10.9. The molecule has 5 heteroatoms. The molecule has 1 N–H and O–H groups in total. The molecule has 0 spiro atoms. The third-order valence-electron chi connectivity index (χ3n) is 2.57. The molecule has 0 amide bonds. The van der Waals surface area contributed by atoms with Crippen molar-refractivity contribution in [1.29, 1.82) is 0 Å². The molecule has 5 nitrogen and oxygen atoms in total. The number of hydrogen-bond donors (Lipinski definition) is 1. The minimum Gasteiger partial charge on any atom is -0.385 e. The summed E-state index contributed by atoms with van der Waals surface area (Å²) in [5, 5.41) is 11.5. The Morgan fingerprint density at radius 2 is 2.19 bits per heavy atom. The molecule has 0 aliphatic carbocycles. The smallest absolute Gasteiger partial charge is 0.0996 e. The van der Waals surface area contributed by atoms with Gasteiger partial charge in [-0.1, -0.05) is 12.1 Å². The molecular formula is C11H22N4O. The van der Waals surface area contributed by atoms with Crippen LogP contribution in [-0.2, 0) is 24.2 Å². The summed E-state index contributed by atoms with van der Waals surface area (Å²) in [5.74, 6) is 0. The number of nitrogens with one attached hydrogen (secondary N) is 1. The Kier molecular flexibility index (Phi) is 6.03. The first-order chi connectivity index (χ1) is 7.83. The lowest BCUT2D eigenvalue weighted by Gasteiger charge is -2.05. The van der Waals surface area contributed by atoms with E-state index in [1.807, 2.05) is 11.7 Å². The van der Waals surface area contributed by atoms with Gasteiger partial charge in [-0.3, -0.25) is 0 Å². The summed E-state index contributed by atoms with van der Waals surface area (Å²) in [5.41, 5.74) is 2.31. The summed E-state index contributed by atoms with van der Waals surface area (Å²) in [6.45, 7) is 4.69. The van der Waals surface area contributed by atoms with Gasteiger partial charge in [0.2, 0.25) is 0 Å². The van der Waals surface area contributed by atoms with E-state index in [1.165, 1.54) is 5.69 Å². The summed E-state index contributed by atoms with van der Waals surface area (Å²) in [4.78, 5) is 0. The van der Waals surface area contributed by atoms with Gasteiger partial charge < -0.3 is 10.1 Å². The van der Waals surface area contributed by atoms with E-state index in [0.717, 1.165) is 44.7 Å². The van der Waals surface area contributed by atoms with Crippen molar-refractivity contribution >= 4 is 0 Å². The highest BCUT2D eigenvalue weighted by atomic mass is 16.5. The number of aromatic nitrogens is 3. The van der Waals surface area contributed by atoms with Crippen molar-refractivity contribution < 1.29 is 4.74 Å². The lowest BCUT2D eigenvalue weighted by molar-refractivity contribution is 0.190. The molecule has 1 aromatic rings. The van der Waals surface area contributed by atoms with Gasteiger partial charge >= 0.3 is 0 Å². The molecule has 0 unspecified atom stereocenters. The average molecular weight is 226 g/mol. The molecular weight excluding hydrogens is 204 g/mol. The van der Waals surface area contributed by atoms with Crippen molar-refractivity contribution in [2.24, 2.45) is 0 Å². The summed E-state index contributed by atoms with van der Waals surface area (Å²) >= 11 is 0. The molecule has 1 heterocycles. The standard InChI is InChI=1S/C11H22N4O/c1-4-11-10(9-12-2)13-14-15(11)7-5-6-8-16-3/h12H,4-9H2,1-3H3. The topological polar surface area (TPSA) is 52.0 Å². The van der Waals surface area contributed by atoms with Crippen LogP contribution in [0.3, 0.4) is 0 Å². The van der Waals surface area contributed by atoms with E-state index in [9.17, 15) is 0 Å². The summed E-state index contributed by atoms with van der Waals surface area (Å²) in [6.07, 6.45) is 3.14. The first-order valence-corrected chi connectivity index (χ1v) is 5.88. The van der Waals surface area contributed by atoms with Crippen LogP contribution in [0.5, 0.6) is 0 Å². The number of unbranched alkanes of at least 4 members (excludes halogenated alkanes) is 1. The molecule has 0 atom stereocenters. The predicted octanol–water partition coefficient (Wildman–Crippen LogP) is 0.986. The second-order valence-corrected chi connectivity index (χ2v) is 3.79. The molecule has 0 fully saturated rings. The Morgan fingerprint density at radius 3 is 2.81 bits per heavy atom. The zero-order valence-electron chi connectivity index (χ0n) is 10.5. The summed E-state index contributed by atoms with van der Waals surface area (Å²) < 4.78 is 7.04. The first kappa shape index (κ1) is 13.1. The van der Waals surface area contributed by atoms with Gasteiger partial charge in [0.05, 0.1) is 11.4 Å². The Morgan fingerprint density at radius 1 is 1.38 bits per heavy atom. The number of nitrogens with zero attached hydrogens (tertiary/aromatic N) is 3. The fourth-order valence-corrected chi connectivity index (χ4v) is 1.75. The fraction of sp³-hybridized carbons (Fsp3) is 0.818. The van der Waals surface area contributed by atoms with E-state index in [2.05, 4.69) is 22.6 Å². The number of ether oxygens (including phenoxy) is 1.